The standard InChI is InChI=1S/C25H25F3N2O3/c1-15-12-16(2)14-29(13-15)22-21(17-4-10-20(33-3)11-5-17)23(31)30(24(22)32)19-8-6-18(7-9-19)25(26,27)28/h4-11,15-16H,12-14H2,1-3H3. The van der Waals surface area contributed by atoms with Crippen LogP contribution in [-0.2, 0) is 15.8 Å². The number of benzene rings is 2. The lowest BCUT2D eigenvalue weighted by molar-refractivity contribution is -0.137. The maximum atomic E-state index is 13.6. The minimum Gasteiger partial charge on any atom is -0.497 e. The summed E-state index contributed by atoms with van der Waals surface area (Å²) in [5, 5.41) is 0. The summed E-state index contributed by atoms with van der Waals surface area (Å²) >= 11 is 0. The lowest BCUT2D eigenvalue weighted by Gasteiger charge is -2.37. The molecule has 0 bridgehead atoms. The molecule has 0 saturated carbocycles. The molecule has 2 aliphatic heterocycles. The molecule has 2 aromatic carbocycles. The second-order valence-corrected chi connectivity index (χ2v) is 8.79. The van der Waals surface area contributed by atoms with Crippen molar-refractivity contribution in [3.63, 3.8) is 0 Å². The predicted molar refractivity (Wildman–Crippen MR) is 118 cm³/mol. The smallest absolute Gasteiger partial charge is 0.416 e. The molecule has 33 heavy (non-hydrogen) atoms. The van der Waals surface area contributed by atoms with Crippen molar-refractivity contribution in [2.24, 2.45) is 11.8 Å². The minimum atomic E-state index is -4.50. The molecule has 2 heterocycles. The van der Waals surface area contributed by atoms with E-state index in [9.17, 15) is 22.8 Å². The maximum Gasteiger partial charge on any atom is 0.416 e. The summed E-state index contributed by atoms with van der Waals surface area (Å²) in [6.45, 7) is 5.45. The molecule has 2 aliphatic rings. The fraction of sp³-hybridized carbons (Fsp3) is 0.360. The Labute approximate surface area is 190 Å². The van der Waals surface area contributed by atoms with Crippen LogP contribution in [0.25, 0.3) is 5.57 Å². The first-order valence-corrected chi connectivity index (χ1v) is 10.8. The van der Waals surface area contributed by atoms with Gasteiger partial charge in [-0.2, -0.15) is 13.2 Å². The van der Waals surface area contributed by atoms with Gasteiger partial charge in [0.2, 0.25) is 0 Å². The van der Waals surface area contributed by atoms with Gasteiger partial charge in [-0.3, -0.25) is 9.59 Å². The number of carbonyl (C=O) groups excluding carboxylic acids is 2. The highest BCUT2D eigenvalue weighted by Gasteiger charge is 2.44. The third-order valence-corrected chi connectivity index (χ3v) is 6.08. The van der Waals surface area contributed by atoms with E-state index in [1.807, 2.05) is 4.90 Å². The highest BCUT2D eigenvalue weighted by molar-refractivity contribution is 6.45. The third-order valence-electron chi connectivity index (χ3n) is 6.08. The van der Waals surface area contributed by atoms with E-state index in [1.54, 1.807) is 24.3 Å². The molecular formula is C25H25F3N2O3. The van der Waals surface area contributed by atoms with Gasteiger partial charge >= 0.3 is 6.18 Å². The van der Waals surface area contributed by atoms with Crippen LogP contribution < -0.4 is 9.64 Å². The molecule has 4 rings (SSSR count). The third kappa shape index (κ3) is 4.34. The molecule has 0 N–H and O–H groups in total. The molecule has 0 radical (unpaired) electrons. The molecule has 0 aliphatic carbocycles. The average molecular weight is 458 g/mol. The van der Waals surface area contributed by atoms with Gasteiger partial charge in [-0.05, 0) is 60.2 Å². The van der Waals surface area contributed by atoms with Crippen LogP contribution in [0, 0.1) is 11.8 Å². The van der Waals surface area contributed by atoms with Crippen molar-refractivity contribution in [2.75, 3.05) is 25.1 Å². The summed E-state index contributed by atoms with van der Waals surface area (Å²) in [5.74, 6) is 0.206. The zero-order chi connectivity index (χ0) is 23.9. The van der Waals surface area contributed by atoms with Crippen LogP contribution in [0.3, 0.4) is 0 Å². The van der Waals surface area contributed by atoms with Crippen LogP contribution in [0.5, 0.6) is 5.75 Å². The number of rotatable bonds is 4. The molecule has 1 fully saturated rings. The van der Waals surface area contributed by atoms with Gasteiger partial charge in [0.15, 0.2) is 0 Å². The quantitative estimate of drug-likeness (QED) is 0.607. The molecule has 5 nitrogen and oxygen atoms in total. The minimum absolute atomic E-state index is 0.108. The van der Waals surface area contributed by atoms with Crippen LogP contribution in [0.2, 0.25) is 0 Å². The van der Waals surface area contributed by atoms with Crippen LogP contribution in [-0.4, -0.2) is 36.9 Å². The molecule has 2 aromatic rings. The van der Waals surface area contributed by atoms with Gasteiger partial charge in [-0.1, -0.05) is 26.0 Å². The Bertz CT molecular complexity index is 1080. The van der Waals surface area contributed by atoms with E-state index in [0.29, 0.717) is 41.9 Å². The molecular weight excluding hydrogens is 433 g/mol. The van der Waals surface area contributed by atoms with E-state index in [1.165, 1.54) is 7.11 Å². The van der Waals surface area contributed by atoms with Gasteiger partial charge in [0.1, 0.15) is 11.4 Å². The Morgan fingerprint density at radius 1 is 0.879 bits per heavy atom. The number of methoxy groups -OCH3 is 1. The van der Waals surface area contributed by atoms with Gasteiger partial charge in [0.05, 0.1) is 23.9 Å². The van der Waals surface area contributed by atoms with Crippen LogP contribution in [0.4, 0.5) is 18.9 Å². The van der Waals surface area contributed by atoms with Crippen molar-refractivity contribution in [3.05, 3.63) is 65.4 Å². The zero-order valence-corrected chi connectivity index (χ0v) is 18.6. The van der Waals surface area contributed by atoms with E-state index in [4.69, 9.17) is 4.74 Å². The number of hydrogen-bond acceptors (Lipinski definition) is 4. The van der Waals surface area contributed by atoms with E-state index in [-0.39, 0.29) is 11.3 Å². The Hall–Kier alpha value is -3.29. The number of anilines is 1. The highest BCUT2D eigenvalue weighted by atomic mass is 19.4. The van der Waals surface area contributed by atoms with Gasteiger partial charge in [0.25, 0.3) is 11.8 Å². The van der Waals surface area contributed by atoms with Crippen molar-refractivity contribution in [1.29, 1.82) is 0 Å². The van der Waals surface area contributed by atoms with Crippen LogP contribution in [0.1, 0.15) is 31.4 Å². The van der Waals surface area contributed by atoms with E-state index in [2.05, 4.69) is 13.8 Å². The number of hydrogen-bond donors (Lipinski definition) is 0. The molecule has 2 amide bonds. The monoisotopic (exact) mass is 458 g/mol. The number of nitrogens with zero attached hydrogens (tertiary/aromatic N) is 2. The van der Waals surface area contributed by atoms with Crippen molar-refractivity contribution in [2.45, 2.75) is 26.4 Å². The van der Waals surface area contributed by atoms with Crippen molar-refractivity contribution in [3.8, 4) is 5.75 Å². The lowest BCUT2D eigenvalue weighted by Crippen LogP contribution is -2.42. The molecule has 8 heteroatoms. The fourth-order valence-electron chi connectivity index (χ4n) is 4.71. The molecule has 0 spiro atoms. The fourth-order valence-corrected chi connectivity index (χ4v) is 4.71. The SMILES string of the molecule is COc1ccc(C2=C(N3CC(C)CC(C)C3)C(=O)N(c3ccc(C(F)(F)F)cc3)C2=O)cc1. The summed E-state index contributed by atoms with van der Waals surface area (Å²) in [6.07, 6.45) is -3.48. The van der Waals surface area contributed by atoms with E-state index in [0.717, 1.165) is 35.6 Å². The first-order chi connectivity index (χ1) is 15.6. The Kier molecular flexibility index (Phi) is 5.95. The molecule has 174 valence electrons. The molecule has 1 saturated heterocycles. The Balaban J connectivity index is 1.78. The van der Waals surface area contributed by atoms with Gasteiger partial charge < -0.3 is 9.64 Å². The summed E-state index contributed by atoms with van der Waals surface area (Å²) in [4.78, 5) is 30.0. The number of amides is 2. The zero-order valence-electron chi connectivity index (χ0n) is 18.6. The topological polar surface area (TPSA) is 49.9 Å². The van der Waals surface area contributed by atoms with Crippen LogP contribution >= 0.6 is 0 Å². The van der Waals surface area contributed by atoms with Crippen LogP contribution in [0.15, 0.2) is 54.2 Å². The van der Waals surface area contributed by atoms with E-state index < -0.39 is 23.6 Å². The first kappa shape index (κ1) is 22.9. The van der Waals surface area contributed by atoms with Crippen molar-refractivity contribution in [1.82, 2.24) is 4.90 Å². The largest absolute Gasteiger partial charge is 0.497 e. The maximum absolute atomic E-state index is 13.6. The number of halogens is 3. The molecule has 2 atom stereocenters. The first-order valence-electron chi connectivity index (χ1n) is 10.8. The molecule has 2 unspecified atom stereocenters. The Morgan fingerprint density at radius 3 is 1.97 bits per heavy atom. The van der Waals surface area contributed by atoms with Gasteiger partial charge in [0, 0.05) is 13.1 Å². The summed E-state index contributed by atoms with van der Waals surface area (Å²) in [7, 11) is 1.53. The van der Waals surface area contributed by atoms with Crippen molar-refractivity contribution >= 4 is 23.1 Å². The second-order valence-electron chi connectivity index (χ2n) is 8.79. The molecule has 0 aromatic heterocycles. The van der Waals surface area contributed by atoms with E-state index >= 15 is 0 Å². The lowest BCUT2D eigenvalue weighted by atomic mass is 9.91. The highest BCUT2D eigenvalue weighted by Crippen LogP contribution is 2.38. The number of imide groups is 1. The normalized spacial score (nSPS) is 21.8. The number of likely N-dealkylation sites (tertiary alicyclic amines) is 1. The number of carbonyl (C=O) groups is 2. The number of ether oxygens (including phenoxy) is 1. The summed E-state index contributed by atoms with van der Waals surface area (Å²) < 4.78 is 44.2. The number of alkyl halides is 3. The second kappa shape index (κ2) is 8.57. The summed E-state index contributed by atoms with van der Waals surface area (Å²) in [5.41, 5.74) is 0.376. The van der Waals surface area contributed by atoms with Crippen molar-refractivity contribution < 1.29 is 27.5 Å². The average Bonchev–Trinajstić information content (AvgIpc) is 3.02. The Morgan fingerprint density at radius 2 is 1.45 bits per heavy atom. The number of piperidine rings is 1. The van der Waals surface area contributed by atoms with Gasteiger partial charge in [-0.25, -0.2) is 4.90 Å². The summed E-state index contributed by atoms with van der Waals surface area (Å²) in [6, 6.07) is 10.9. The predicted octanol–water partition coefficient (Wildman–Crippen LogP) is 4.98. The van der Waals surface area contributed by atoms with Gasteiger partial charge in [-0.15, -0.1) is 0 Å².